The molecule has 0 spiro atoms. The lowest BCUT2D eigenvalue weighted by atomic mass is 9.87. The SMILES string of the molecule is COC(=O)c1c(Oc2ccc(C(C)(C)C)cc2)c2cc(Cl)ccc2n1Cc1ccc(Cl)cc1. The zero-order valence-corrected chi connectivity index (χ0v) is 20.5. The monoisotopic (exact) mass is 481 g/mol. The van der Waals surface area contributed by atoms with Crippen LogP contribution < -0.4 is 4.74 Å². The molecule has 0 fully saturated rings. The number of aromatic nitrogens is 1. The molecule has 0 aliphatic carbocycles. The fraction of sp³-hybridized carbons (Fsp3) is 0.222. The van der Waals surface area contributed by atoms with Crippen LogP contribution >= 0.6 is 23.2 Å². The molecule has 4 rings (SSSR count). The van der Waals surface area contributed by atoms with E-state index in [0.29, 0.717) is 33.8 Å². The van der Waals surface area contributed by atoms with Crippen molar-refractivity contribution in [2.45, 2.75) is 32.7 Å². The molecule has 0 unspecified atom stereocenters. The van der Waals surface area contributed by atoms with Gasteiger partial charge in [0.05, 0.1) is 12.6 Å². The van der Waals surface area contributed by atoms with Crippen molar-refractivity contribution in [3.63, 3.8) is 0 Å². The Balaban J connectivity index is 1.86. The summed E-state index contributed by atoms with van der Waals surface area (Å²) in [6.45, 7) is 6.91. The van der Waals surface area contributed by atoms with E-state index in [0.717, 1.165) is 16.5 Å². The first-order valence-corrected chi connectivity index (χ1v) is 11.4. The van der Waals surface area contributed by atoms with Gasteiger partial charge in [-0.2, -0.15) is 0 Å². The van der Waals surface area contributed by atoms with Crippen molar-refractivity contribution in [1.29, 1.82) is 0 Å². The van der Waals surface area contributed by atoms with E-state index in [4.69, 9.17) is 32.7 Å². The van der Waals surface area contributed by atoms with Crippen molar-refractivity contribution in [3.8, 4) is 11.5 Å². The smallest absolute Gasteiger partial charge is 0.358 e. The Morgan fingerprint density at radius 2 is 1.55 bits per heavy atom. The average molecular weight is 482 g/mol. The molecule has 170 valence electrons. The van der Waals surface area contributed by atoms with E-state index in [1.165, 1.54) is 12.7 Å². The van der Waals surface area contributed by atoms with Crippen LogP contribution in [0.1, 0.15) is 42.4 Å². The maximum atomic E-state index is 13.0. The van der Waals surface area contributed by atoms with Gasteiger partial charge >= 0.3 is 5.97 Å². The number of ether oxygens (including phenoxy) is 2. The topological polar surface area (TPSA) is 40.5 Å². The number of esters is 1. The number of hydrogen-bond acceptors (Lipinski definition) is 3. The normalized spacial score (nSPS) is 11.6. The number of rotatable bonds is 5. The summed E-state index contributed by atoms with van der Waals surface area (Å²) in [5.74, 6) is 0.549. The van der Waals surface area contributed by atoms with Crippen LogP contribution in [0.25, 0.3) is 10.9 Å². The molecule has 0 saturated carbocycles. The van der Waals surface area contributed by atoms with Crippen LogP contribution in [-0.4, -0.2) is 17.6 Å². The highest BCUT2D eigenvalue weighted by Gasteiger charge is 2.26. The number of nitrogens with zero attached hydrogens (tertiary/aromatic N) is 1. The van der Waals surface area contributed by atoms with Gasteiger partial charge in [-0.15, -0.1) is 0 Å². The number of carbonyl (C=O) groups is 1. The molecule has 3 aromatic carbocycles. The minimum atomic E-state index is -0.488. The fourth-order valence-electron chi connectivity index (χ4n) is 3.78. The molecule has 0 atom stereocenters. The second-order valence-electron chi connectivity index (χ2n) is 8.92. The highest BCUT2D eigenvalue weighted by atomic mass is 35.5. The van der Waals surface area contributed by atoms with Crippen molar-refractivity contribution in [1.82, 2.24) is 4.57 Å². The summed E-state index contributed by atoms with van der Waals surface area (Å²) in [6, 6.07) is 20.9. The minimum absolute atomic E-state index is 0.0256. The van der Waals surface area contributed by atoms with E-state index in [1.807, 2.05) is 59.2 Å². The van der Waals surface area contributed by atoms with Crippen LogP contribution in [0.15, 0.2) is 66.7 Å². The fourth-order valence-corrected chi connectivity index (χ4v) is 4.07. The molecule has 4 nitrogen and oxygen atoms in total. The third-order valence-electron chi connectivity index (χ3n) is 5.55. The van der Waals surface area contributed by atoms with Crippen molar-refractivity contribution >= 4 is 40.1 Å². The summed E-state index contributed by atoms with van der Waals surface area (Å²) in [7, 11) is 1.36. The molecular weight excluding hydrogens is 457 g/mol. The molecule has 1 heterocycles. The lowest BCUT2D eigenvalue weighted by molar-refractivity contribution is 0.0586. The van der Waals surface area contributed by atoms with Crippen molar-refractivity contribution in [2.75, 3.05) is 7.11 Å². The summed E-state index contributed by atoms with van der Waals surface area (Å²) < 4.78 is 13.3. The number of hydrogen-bond donors (Lipinski definition) is 0. The molecule has 0 aliphatic heterocycles. The molecule has 0 amide bonds. The van der Waals surface area contributed by atoms with E-state index in [2.05, 4.69) is 20.8 Å². The van der Waals surface area contributed by atoms with E-state index < -0.39 is 5.97 Å². The second-order valence-corrected chi connectivity index (χ2v) is 9.79. The first kappa shape index (κ1) is 23.2. The van der Waals surface area contributed by atoms with Gasteiger partial charge in [-0.1, -0.05) is 68.2 Å². The number of benzene rings is 3. The third-order valence-corrected chi connectivity index (χ3v) is 6.04. The molecule has 0 radical (unpaired) electrons. The Morgan fingerprint density at radius 1 is 0.909 bits per heavy atom. The molecule has 6 heteroatoms. The average Bonchev–Trinajstić information content (AvgIpc) is 3.06. The van der Waals surface area contributed by atoms with Crippen LogP contribution in [0, 0.1) is 0 Å². The van der Waals surface area contributed by atoms with Gasteiger partial charge in [-0.3, -0.25) is 0 Å². The van der Waals surface area contributed by atoms with Crippen LogP contribution in [0.3, 0.4) is 0 Å². The molecule has 0 bridgehead atoms. The lowest BCUT2D eigenvalue weighted by Gasteiger charge is -2.19. The Bertz CT molecular complexity index is 1300. The van der Waals surface area contributed by atoms with E-state index in [9.17, 15) is 4.79 Å². The Labute approximate surface area is 203 Å². The summed E-state index contributed by atoms with van der Waals surface area (Å²) in [6.07, 6.45) is 0. The largest absolute Gasteiger partial charge is 0.464 e. The molecular formula is C27H25Cl2NO3. The maximum Gasteiger partial charge on any atom is 0.358 e. The van der Waals surface area contributed by atoms with E-state index in [-0.39, 0.29) is 5.41 Å². The highest BCUT2D eigenvalue weighted by molar-refractivity contribution is 6.31. The zero-order chi connectivity index (χ0) is 23.8. The predicted molar refractivity (Wildman–Crippen MR) is 134 cm³/mol. The summed E-state index contributed by atoms with van der Waals surface area (Å²) in [5, 5.41) is 1.94. The van der Waals surface area contributed by atoms with Gasteiger partial charge in [0, 0.05) is 22.0 Å². The Kier molecular flexibility index (Phi) is 6.42. The van der Waals surface area contributed by atoms with Crippen LogP contribution in [0.2, 0.25) is 10.0 Å². The Hall–Kier alpha value is -2.95. The highest BCUT2D eigenvalue weighted by Crippen LogP contribution is 2.39. The van der Waals surface area contributed by atoms with Gasteiger partial charge in [-0.05, 0) is 59.0 Å². The molecule has 0 saturated heterocycles. The second kappa shape index (κ2) is 9.12. The first-order valence-electron chi connectivity index (χ1n) is 10.6. The third kappa shape index (κ3) is 4.87. The van der Waals surface area contributed by atoms with Crippen LogP contribution in [0.5, 0.6) is 11.5 Å². The molecule has 4 aromatic rings. The van der Waals surface area contributed by atoms with E-state index in [1.54, 1.807) is 12.1 Å². The van der Waals surface area contributed by atoms with Crippen molar-refractivity contribution < 1.29 is 14.3 Å². The predicted octanol–water partition coefficient (Wildman–Crippen LogP) is 7.87. The van der Waals surface area contributed by atoms with Gasteiger partial charge < -0.3 is 14.0 Å². The molecule has 33 heavy (non-hydrogen) atoms. The quantitative estimate of drug-likeness (QED) is 0.272. The summed E-state index contributed by atoms with van der Waals surface area (Å²) >= 11 is 12.4. The van der Waals surface area contributed by atoms with Gasteiger partial charge in [0.2, 0.25) is 0 Å². The Morgan fingerprint density at radius 3 is 2.15 bits per heavy atom. The van der Waals surface area contributed by atoms with Gasteiger partial charge in [-0.25, -0.2) is 4.79 Å². The number of methoxy groups -OCH3 is 1. The van der Waals surface area contributed by atoms with Gasteiger partial charge in [0.1, 0.15) is 5.75 Å². The zero-order valence-electron chi connectivity index (χ0n) is 19.0. The number of carbonyl (C=O) groups excluding carboxylic acids is 1. The van der Waals surface area contributed by atoms with E-state index >= 15 is 0 Å². The number of halogens is 2. The lowest BCUT2D eigenvalue weighted by Crippen LogP contribution is -2.12. The minimum Gasteiger partial charge on any atom is -0.464 e. The molecule has 0 N–H and O–H groups in total. The summed E-state index contributed by atoms with van der Waals surface area (Å²) in [4.78, 5) is 13.0. The molecule has 0 aliphatic rings. The molecule has 1 aromatic heterocycles. The van der Waals surface area contributed by atoms with Crippen LogP contribution in [0.4, 0.5) is 0 Å². The maximum absolute atomic E-state index is 13.0. The standard InChI is InChI=1S/C27H25Cl2NO3/c1-27(2,3)18-7-12-21(13-8-18)33-25-22-15-20(29)11-14-23(22)30(24(25)26(31)32-4)16-17-5-9-19(28)10-6-17/h5-15H,16H2,1-4H3. The summed E-state index contributed by atoms with van der Waals surface area (Å²) in [5.41, 5.74) is 3.34. The first-order chi connectivity index (χ1) is 15.7. The van der Waals surface area contributed by atoms with Crippen molar-refractivity contribution in [2.24, 2.45) is 0 Å². The number of fused-ring (bicyclic) bond motifs is 1. The van der Waals surface area contributed by atoms with Crippen molar-refractivity contribution in [3.05, 3.63) is 93.6 Å². The van der Waals surface area contributed by atoms with Gasteiger partial charge in [0.25, 0.3) is 0 Å². The van der Waals surface area contributed by atoms with Gasteiger partial charge in [0.15, 0.2) is 11.4 Å². The van der Waals surface area contributed by atoms with Crippen LogP contribution in [-0.2, 0) is 16.7 Å².